The maximum absolute atomic E-state index is 6.37. The van der Waals surface area contributed by atoms with Crippen LogP contribution in [0.5, 0.6) is 5.75 Å². The largest absolute Gasteiger partial charge is 0.493 e. The van der Waals surface area contributed by atoms with Gasteiger partial charge in [0.05, 0.1) is 6.61 Å². The van der Waals surface area contributed by atoms with Gasteiger partial charge in [-0.3, -0.25) is 0 Å². The van der Waals surface area contributed by atoms with Crippen molar-refractivity contribution in [2.75, 3.05) is 13.2 Å². The molecular formula is C25H39NO. The molecule has 0 radical (unpaired) electrons. The Morgan fingerprint density at radius 3 is 2.81 bits per heavy atom. The van der Waals surface area contributed by atoms with Crippen molar-refractivity contribution in [3.05, 3.63) is 28.8 Å². The number of nitrogens with one attached hydrogen (secondary N) is 1. The van der Waals surface area contributed by atoms with E-state index >= 15 is 0 Å². The van der Waals surface area contributed by atoms with Gasteiger partial charge in [0.15, 0.2) is 0 Å². The topological polar surface area (TPSA) is 21.3 Å². The fourth-order valence-electron chi connectivity index (χ4n) is 6.31. The predicted octanol–water partition coefficient (Wildman–Crippen LogP) is 5.94. The number of unbranched alkanes of at least 4 members (excludes halogenated alkanes) is 4. The third-order valence-electron chi connectivity index (χ3n) is 7.71. The maximum atomic E-state index is 6.37. The first-order chi connectivity index (χ1) is 13.3. The first-order valence-corrected chi connectivity index (χ1v) is 11.8. The zero-order valence-electron chi connectivity index (χ0n) is 17.6. The molecule has 1 saturated heterocycles. The van der Waals surface area contributed by atoms with E-state index in [0.717, 1.165) is 18.9 Å². The Hall–Kier alpha value is -1.02. The molecule has 1 aliphatic heterocycles. The number of rotatable bonds is 8. The highest BCUT2D eigenvalue weighted by atomic mass is 16.5. The minimum absolute atomic E-state index is 0.438. The highest BCUT2D eigenvalue weighted by Gasteiger charge is 2.51. The smallest absolute Gasteiger partial charge is 0.122 e. The van der Waals surface area contributed by atoms with Gasteiger partial charge in [-0.25, -0.2) is 0 Å². The molecule has 1 aromatic carbocycles. The summed E-state index contributed by atoms with van der Waals surface area (Å²) in [4.78, 5) is 0. The van der Waals surface area contributed by atoms with E-state index in [1.165, 1.54) is 88.5 Å². The quantitative estimate of drug-likeness (QED) is 0.572. The highest BCUT2D eigenvalue weighted by molar-refractivity contribution is 5.49. The van der Waals surface area contributed by atoms with Crippen molar-refractivity contribution in [3.8, 4) is 5.75 Å². The van der Waals surface area contributed by atoms with Crippen LogP contribution in [0.2, 0.25) is 0 Å². The number of fused-ring (bicyclic) bond motifs is 1. The Morgan fingerprint density at radius 1 is 1.07 bits per heavy atom. The summed E-state index contributed by atoms with van der Waals surface area (Å²) in [5, 5.41) is 3.86. The number of benzene rings is 1. The zero-order valence-corrected chi connectivity index (χ0v) is 17.6. The SMILES string of the molecule is CCCCCCCOc1cc2c(cc1CC)C[C@H]1NCC[C@@]23CCCC[C@@H]13. The summed E-state index contributed by atoms with van der Waals surface area (Å²) in [5.74, 6) is 2.05. The van der Waals surface area contributed by atoms with Gasteiger partial charge >= 0.3 is 0 Å². The predicted molar refractivity (Wildman–Crippen MR) is 114 cm³/mol. The van der Waals surface area contributed by atoms with E-state index in [4.69, 9.17) is 4.74 Å². The molecule has 27 heavy (non-hydrogen) atoms. The van der Waals surface area contributed by atoms with Crippen LogP contribution in [-0.2, 0) is 18.3 Å². The molecule has 1 N–H and O–H groups in total. The lowest BCUT2D eigenvalue weighted by molar-refractivity contribution is 0.0794. The third kappa shape index (κ3) is 3.67. The minimum atomic E-state index is 0.438. The molecule has 2 heteroatoms. The summed E-state index contributed by atoms with van der Waals surface area (Å²) in [7, 11) is 0. The molecule has 3 atom stereocenters. The number of aryl methyl sites for hydroxylation is 1. The van der Waals surface area contributed by atoms with Crippen LogP contribution in [0.25, 0.3) is 0 Å². The summed E-state index contributed by atoms with van der Waals surface area (Å²) in [5.41, 5.74) is 5.15. The van der Waals surface area contributed by atoms with Crippen LogP contribution in [0.3, 0.4) is 0 Å². The van der Waals surface area contributed by atoms with Crippen LogP contribution in [0.4, 0.5) is 0 Å². The molecule has 3 aliphatic rings. The molecule has 1 heterocycles. The second-order valence-corrected chi connectivity index (χ2v) is 9.26. The Kier molecular flexibility index (Phi) is 6.12. The summed E-state index contributed by atoms with van der Waals surface area (Å²) >= 11 is 0. The van der Waals surface area contributed by atoms with Gasteiger partial charge in [-0.2, -0.15) is 0 Å². The molecule has 2 bridgehead atoms. The second kappa shape index (κ2) is 8.55. The number of hydrogen-bond donors (Lipinski definition) is 1. The fraction of sp³-hybridized carbons (Fsp3) is 0.760. The average Bonchev–Trinajstić information content (AvgIpc) is 2.70. The van der Waals surface area contributed by atoms with E-state index in [9.17, 15) is 0 Å². The van der Waals surface area contributed by atoms with Crippen molar-refractivity contribution >= 4 is 0 Å². The highest BCUT2D eigenvalue weighted by Crippen LogP contribution is 2.54. The zero-order chi connectivity index (χ0) is 18.7. The summed E-state index contributed by atoms with van der Waals surface area (Å²) < 4.78 is 6.37. The van der Waals surface area contributed by atoms with Gasteiger partial charge in [-0.15, -0.1) is 0 Å². The molecule has 0 aromatic heterocycles. The summed E-state index contributed by atoms with van der Waals surface area (Å²) in [6.45, 7) is 6.64. The first kappa shape index (κ1) is 19.3. The molecule has 0 unspecified atom stereocenters. The van der Waals surface area contributed by atoms with E-state index in [1.54, 1.807) is 11.1 Å². The van der Waals surface area contributed by atoms with Gasteiger partial charge in [0.2, 0.25) is 0 Å². The molecule has 4 rings (SSSR count). The number of ether oxygens (including phenoxy) is 1. The Bertz CT molecular complexity index is 635. The number of piperidine rings is 1. The lowest BCUT2D eigenvalue weighted by Gasteiger charge is -2.56. The Balaban J connectivity index is 1.56. The van der Waals surface area contributed by atoms with Crippen molar-refractivity contribution in [3.63, 3.8) is 0 Å². The third-order valence-corrected chi connectivity index (χ3v) is 7.71. The van der Waals surface area contributed by atoms with Crippen LogP contribution in [0.1, 0.15) is 94.7 Å². The van der Waals surface area contributed by atoms with Crippen molar-refractivity contribution in [1.29, 1.82) is 0 Å². The molecule has 1 aromatic rings. The first-order valence-electron chi connectivity index (χ1n) is 11.8. The van der Waals surface area contributed by atoms with Crippen LogP contribution in [-0.4, -0.2) is 19.2 Å². The van der Waals surface area contributed by atoms with Crippen molar-refractivity contribution in [2.45, 2.75) is 102 Å². The molecule has 150 valence electrons. The molecule has 1 saturated carbocycles. The molecule has 2 fully saturated rings. The average molecular weight is 370 g/mol. The second-order valence-electron chi connectivity index (χ2n) is 9.26. The van der Waals surface area contributed by atoms with E-state index in [-0.39, 0.29) is 0 Å². The van der Waals surface area contributed by atoms with Crippen LogP contribution >= 0.6 is 0 Å². The summed E-state index contributed by atoms with van der Waals surface area (Å²) in [6.07, 6.45) is 15.8. The fourth-order valence-corrected chi connectivity index (χ4v) is 6.31. The molecular weight excluding hydrogens is 330 g/mol. The van der Waals surface area contributed by atoms with Gasteiger partial charge in [-0.1, -0.05) is 58.4 Å². The van der Waals surface area contributed by atoms with E-state index in [2.05, 4.69) is 31.3 Å². The summed E-state index contributed by atoms with van der Waals surface area (Å²) in [6, 6.07) is 5.72. The van der Waals surface area contributed by atoms with Crippen LogP contribution in [0.15, 0.2) is 12.1 Å². The Labute approximate surface area is 166 Å². The van der Waals surface area contributed by atoms with E-state index in [0.29, 0.717) is 11.5 Å². The van der Waals surface area contributed by atoms with Crippen molar-refractivity contribution in [2.24, 2.45) is 5.92 Å². The minimum Gasteiger partial charge on any atom is -0.493 e. The van der Waals surface area contributed by atoms with Gasteiger partial charge < -0.3 is 10.1 Å². The maximum Gasteiger partial charge on any atom is 0.122 e. The normalized spacial score (nSPS) is 29.1. The van der Waals surface area contributed by atoms with E-state index in [1.807, 2.05) is 0 Å². The molecule has 2 aliphatic carbocycles. The molecule has 2 nitrogen and oxygen atoms in total. The van der Waals surface area contributed by atoms with E-state index < -0.39 is 0 Å². The van der Waals surface area contributed by atoms with Crippen molar-refractivity contribution < 1.29 is 4.74 Å². The standard InChI is InChI=1S/C25H39NO/c1-3-5-6-7-10-15-27-24-18-22-20(16-19(24)4-2)17-23-21-11-8-9-12-25(21,22)13-14-26-23/h16,18,21,23,26H,3-15,17H2,1-2H3/t21-,23+,25+/m0/s1. The van der Waals surface area contributed by atoms with Crippen molar-refractivity contribution in [1.82, 2.24) is 5.32 Å². The van der Waals surface area contributed by atoms with Crippen LogP contribution < -0.4 is 10.1 Å². The van der Waals surface area contributed by atoms with Crippen LogP contribution in [0, 0.1) is 5.92 Å². The molecule has 0 spiro atoms. The lowest BCUT2D eigenvalue weighted by atomic mass is 9.52. The lowest BCUT2D eigenvalue weighted by Crippen LogP contribution is -2.59. The van der Waals surface area contributed by atoms with Gasteiger partial charge in [0.25, 0.3) is 0 Å². The number of hydrogen-bond acceptors (Lipinski definition) is 2. The molecule has 0 amide bonds. The monoisotopic (exact) mass is 369 g/mol. The van der Waals surface area contributed by atoms with Gasteiger partial charge in [0.1, 0.15) is 5.75 Å². The Morgan fingerprint density at radius 2 is 1.96 bits per heavy atom. The van der Waals surface area contributed by atoms with Gasteiger partial charge in [0, 0.05) is 11.5 Å². The van der Waals surface area contributed by atoms with Gasteiger partial charge in [-0.05, 0) is 73.7 Å².